The zero-order chi connectivity index (χ0) is 10.7. The van der Waals surface area contributed by atoms with Gasteiger partial charge in [0.15, 0.2) is 0 Å². The highest BCUT2D eigenvalue weighted by Gasteiger charge is 2.34. The van der Waals surface area contributed by atoms with E-state index in [0.29, 0.717) is 0 Å². The van der Waals surface area contributed by atoms with Crippen molar-refractivity contribution in [2.75, 3.05) is 0 Å². The molecule has 0 aliphatic heterocycles. The minimum Gasteiger partial charge on any atom is -0.311 e. The summed E-state index contributed by atoms with van der Waals surface area (Å²) in [6.45, 7) is 4.70. The Morgan fingerprint density at radius 3 is 2.60 bits per heavy atom. The van der Waals surface area contributed by atoms with E-state index in [2.05, 4.69) is 19.2 Å². The molecule has 2 rings (SSSR count). The minimum absolute atomic E-state index is 0.849. The highest BCUT2D eigenvalue weighted by Crippen LogP contribution is 2.32. The van der Waals surface area contributed by atoms with Crippen LogP contribution in [0.3, 0.4) is 0 Å². The second-order valence-corrected chi connectivity index (χ2v) is 5.85. The standard InChI is InChI=1S/C14H27N/c1-3-5-12-6-4-7-13(9-8-12)15-14-10-11(14)2/h11-15H,3-10H2,1-2H3. The molecular formula is C14H27N. The number of hydrogen-bond acceptors (Lipinski definition) is 1. The lowest BCUT2D eigenvalue weighted by Crippen LogP contribution is -2.31. The molecule has 0 heterocycles. The van der Waals surface area contributed by atoms with E-state index in [0.717, 1.165) is 23.9 Å². The first-order valence-electron chi connectivity index (χ1n) is 7.05. The molecule has 0 aromatic carbocycles. The van der Waals surface area contributed by atoms with Gasteiger partial charge < -0.3 is 5.32 Å². The Morgan fingerprint density at radius 1 is 1.13 bits per heavy atom. The van der Waals surface area contributed by atoms with E-state index in [-0.39, 0.29) is 0 Å². The van der Waals surface area contributed by atoms with Gasteiger partial charge >= 0.3 is 0 Å². The summed E-state index contributed by atoms with van der Waals surface area (Å²) in [5.41, 5.74) is 0. The molecule has 15 heavy (non-hydrogen) atoms. The Labute approximate surface area is 95.0 Å². The predicted octanol–water partition coefficient (Wildman–Crippen LogP) is 3.73. The lowest BCUT2D eigenvalue weighted by Gasteiger charge is -2.16. The Bertz CT molecular complexity index is 190. The van der Waals surface area contributed by atoms with E-state index in [1.807, 2.05) is 0 Å². The number of rotatable bonds is 4. The van der Waals surface area contributed by atoms with E-state index >= 15 is 0 Å². The van der Waals surface area contributed by atoms with Crippen LogP contribution in [0.2, 0.25) is 0 Å². The van der Waals surface area contributed by atoms with Crippen LogP contribution >= 0.6 is 0 Å². The first-order chi connectivity index (χ1) is 7.29. The largest absolute Gasteiger partial charge is 0.311 e. The van der Waals surface area contributed by atoms with Crippen LogP contribution in [0, 0.1) is 11.8 Å². The van der Waals surface area contributed by atoms with Gasteiger partial charge in [-0.25, -0.2) is 0 Å². The maximum Gasteiger partial charge on any atom is 0.00989 e. The van der Waals surface area contributed by atoms with E-state index in [9.17, 15) is 0 Å². The van der Waals surface area contributed by atoms with Gasteiger partial charge in [-0.15, -0.1) is 0 Å². The van der Waals surface area contributed by atoms with Gasteiger partial charge in [0.1, 0.15) is 0 Å². The topological polar surface area (TPSA) is 12.0 Å². The third kappa shape index (κ3) is 3.48. The molecule has 0 amide bonds. The summed E-state index contributed by atoms with van der Waals surface area (Å²) in [5.74, 6) is 2.00. The maximum absolute atomic E-state index is 3.85. The van der Waals surface area contributed by atoms with Gasteiger partial charge in [0.05, 0.1) is 0 Å². The molecule has 88 valence electrons. The van der Waals surface area contributed by atoms with Crippen LogP contribution in [0.25, 0.3) is 0 Å². The Hall–Kier alpha value is -0.0400. The van der Waals surface area contributed by atoms with Crippen LogP contribution < -0.4 is 5.32 Å². The highest BCUT2D eigenvalue weighted by molar-refractivity contribution is 4.92. The first-order valence-corrected chi connectivity index (χ1v) is 7.05. The third-order valence-electron chi connectivity index (χ3n) is 4.34. The molecule has 0 radical (unpaired) electrons. The summed E-state index contributed by atoms with van der Waals surface area (Å²) in [6.07, 6.45) is 11.6. The lowest BCUT2D eigenvalue weighted by atomic mass is 9.95. The van der Waals surface area contributed by atoms with Crippen LogP contribution in [-0.2, 0) is 0 Å². The van der Waals surface area contributed by atoms with E-state index in [4.69, 9.17) is 0 Å². The van der Waals surface area contributed by atoms with Crippen LogP contribution in [0.5, 0.6) is 0 Å². The summed E-state index contributed by atoms with van der Waals surface area (Å²) >= 11 is 0. The third-order valence-corrected chi connectivity index (χ3v) is 4.34. The molecule has 2 aliphatic rings. The molecule has 2 fully saturated rings. The van der Waals surface area contributed by atoms with E-state index in [1.165, 1.54) is 51.4 Å². The van der Waals surface area contributed by atoms with Crippen LogP contribution in [0.15, 0.2) is 0 Å². The molecule has 0 spiro atoms. The Morgan fingerprint density at radius 2 is 1.93 bits per heavy atom. The Kier molecular flexibility index (Phi) is 4.07. The molecule has 4 unspecified atom stereocenters. The van der Waals surface area contributed by atoms with Crippen molar-refractivity contribution in [3.05, 3.63) is 0 Å². The van der Waals surface area contributed by atoms with Gasteiger partial charge in [0.25, 0.3) is 0 Å². The quantitative estimate of drug-likeness (QED) is 0.696. The highest BCUT2D eigenvalue weighted by atomic mass is 15.0. The monoisotopic (exact) mass is 209 g/mol. The van der Waals surface area contributed by atoms with Gasteiger partial charge in [-0.05, 0) is 37.5 Å². The van der Waals surface area contributed by atoms with Crippen molar-refractivity contribution in [2.24, 2.45) is 11.8 Å². The SMILES string of the molecule is CCCC1CCCC(NC2CC2C)CC1. The predicted molar refractivity (Wildman–Crippen MR) is 66.0 cm³/mol. The lowest BCUT2D eigenvalue weighted by molar-refractivity contribution is 0.407. The van der Waals surface area contributed by atoms with Crippen molar-refractivity contribution in [1.82, 2.24) is 5.32 Å². The summed E-state index contributed by atoms with van der Waals surface area (Å²) < 4.78 is 0. The molecule has 1 nitrogen and oxygen atoms in total. The maximum atomic E-state index is 3.85. The zero-order valence-corrected chi connectivity index (χ0v) is 10.5. The smallest absolute Gasteiger partial charge is 0.00989 e. The van der Waals surface area contributed by atoms with Crippen LogP contribution in [-0.4, -0.2) is 12.1 Å². The molecular weight excluding hydrogens is 182 g/mol. The molecule has 1 N–H and O–H groups in total. The molecule has 4 atom stereocenters. The van der Waals surface area contributed by atoms with Crippen molar-refractivity contribution >= 4 is 0 Å². The summed E-state index contributed by atoms with van der Waals surface area (Å²) in [7, 11) is 0. The van der Waals surface area contributed by atoms with Crippen molar-refractivity contribution in [3.8, 4) is 0 Å². The van der Waals surface area contributed by atoms with Crippen molar-refractivity contribution in [3.63, 3.8) is 0 Å². The zero-order valence-electron chi connectivity index (χ0n) is 10.5. The normalized spacial score (nSPS) is 41.2. The second-order valence-electron chi connectivity index (χ2n) is 5.85. The first kappa shape index (κ1) is 11.4. The molecule has 2 aliphatic carbocycles. The van der Waals surface area contributed by atoms with Crippen LogP contribution in [0.1, 0.15) is 65.2 Å². The molecule has 0 aromatic rings. The van der Waals surface area contributed by atoms with Gasteiger partial charge in [-0.2, -0.15) is 0 Å². The minimum atomic E-state index is 0.849. The molecule has 1 heteroatoms. The average molecular weight is 209 g/mol. The molecule has 0 saturated heterocycles. The van der Waals surface area contributed by atoms with Gasteiger partial charge in [0.2, 0.25) is 0 Å². The van der Waals surface area contributed by atoms with Crippen molar-refractivity contribution < 1.29 is 0 Å². The fraction of sp³-hybridized carbons (Fsp3) is 1.00. The summed E-state index contributed by atoms with van der Waals surface area (Å²) in [5, 5.41) is 3.85. The molecule has 0 aromatic heterocycles. The fourth-order valence-electron chi connectivity index (χ4n) is 3.10. The van der Waals surface area contributed by atoms with Gasteiger partial charge in [-0.1, -0.05) is 39.5 Å². The van der Waals surface area contributed by atoms with E-state index < -0.39 is 0 Å². The van der Waals surface area contributed by atoms with Crippen molar-refractivity contribution in [1.29, 1.82) is 0 Å². The Balaban J connectivity index is 1.69. The van der Waals surface area contributed by atoms with E-state index in [1.54, 1.807) is 0 Å². The summed E-state index contributed by atoms with van der Waals surface area (Å²) in [6, 6.07) is 1.72. The van der Waals surface area contributed by atoms with Crippen LogP contribution in [0.4, 0.5) is 0 Å². The van der Waals surface area contributed by atoms with Gasteiger partial charge in [0, 0.05) is 12.1 Å². The van der Waals surface area contributed by atoms with Crippen molar-refractivity contribution in [2.45, 2.75) is 77.3 Å². The van der Waals surface area contributed by atoms with Gasteiger partial charge in [-0.3, -0.25) is 0 Å². The second kappa shape index (κ2) is 5.34. The molecule has 2 saturated carbocycles. The molecule has 0 bridgehead atoms. The number of nitrogens with one attached hydrogen (secondary N) is 1. The number of hydrogen-bond donors (Lipinski definition) is 1. The summed E-state index contributed by atoms with van der Waals surface area (Å²) in [4.78, 5) is 0. The average Bonchev–Trinajstić information content (AvgIpc) is 2.93. The fourth-order valence-corrected chi connectivity index (χ4v) is 3.10.